The minimum atomic E-state index is -0.466. The zero-order chi connectivity index (χ0) is 21.6. The molecule has 158 valence electrons. The molecule has 0 spiro atoms. The summed E-state index contributed by atoms with van der Waals surface area (Å²) in [7, 11) is 0. The molecule has 8 heteroatoms. The fraction of sp³-hybridized carbons (Fsp3) is 0.500. The van der Waals surface area contributed by atoms with Crippen molar-refractivity contribution in [3.63, 3.8) is 0 Å². The van der Waals surface area contributed by atoms with Crippen molar-refractivity contribution in [3.05, 3.63) is 35.4 Å². The van der Waals surface area contributed by atoms with Crippen molar-refractivity contribution in [3.8, 4) is 12.3 Å². The van der Waals surface area contributed by atoms with Crippen LogP contribution < -0.4 is 10.6 Å². The second-order valence-electron chi connectivity index (χ2n) is 7.69. The molecule has 30 heavy (non-hydrogen) atoms. The normalized spacial score (nSPS) is 18.5. The zero-order valence-electron chi connectivity index (χ0n) is 17.2. The van der Waals surface area contributed by atoms with E-state index in [0.29, 0.717) is 50.9 Å². The Kier molecular flexibility index (Phi) is 6.83. The summed E-state index contributed by atoms with van der Waals surface area (Å²) in [5.41, 5.74) is 1.02. The van der Waals surface area contributed by atoms with Gasteiger partial charge >= 0.3 is 0 Å². The zero-order valence-corrected chi connectivity index (χ0v) is 17.2. The fourth-order valence-corrected chi connectivity index (χ4v) is 3.61. The lowest BCUT2D eigenvalue weighted by Crippen LogP contribution is -2.46. The van der Waals surface area contributed by atoms with Gasteiger partial charge in [0.25, 0.3) is 5.91 Å². The van der Waals surface area contributed by atoms with E-state index in [1.54, 1.807) is 17.0 Å². The van der Waals surface area contributed by atoms with Crippen LogP contribution in [0.3, 0.4) is 0 Å². The van der Waals surface area contributed by atoms with Gasteiger partial charge in [0.2, 0.25) is 11.8 Å². The molecule has 1 unspecified atom stereocenters. The monoisotopic (exact) mass is 409 g/mol. The maximum Gasteiger partial charge on any atom is 0.254 e. The largest absolute Gasteiger partial charge is 0.354 e. The first-order valence-corrected chi connectivity index (χ1v) is 10.2. The summed E-state index contributed by atoms with van der Waals surface area (Å²) in [6.45, 7) is 2.88. The fourth-order valence-electron chi connectivity index (χ4n) is 3.61. The van der Waals surface area contributed by atoms with Crippen LogP contribution in [-0.4, -0.2) is 47.4 Å². The van der Waals surface area contributed by atoms with E-state index in [4.69, 9.17) is 6.42 Å². The third-order valence-corrected chi connectivity index (χ3v) is 5.44. The Labute approximate surface area is 176 Å². The Morgan fingerprint density at radius 2 is 1.93 bits per heavy atom. The van der Waals surface area contributed by atoms with Gasteiger partial charge in [-0.25, -0.2) is 0 Å². The Morgan fingerprint density at radius 3 is 2.57 bits per heavy atom. The van der Waals surface area contributed by atoms with Gasteiger partial charge in [-0.15, -0.1) is 12.3 Å². The summed E-state index contributed by atoms with van der Waals surface area (Å²) >= 11 is 0. The SMILES string of the molecule is C#CCCC1(CCNC(=O)C2CCCN2C(=O)c2ccc(CNC(C)=O)cc2)N=N1. The molecule has 2 heterocycles. The third-order valence-electron chi connectivity index (χ3n) is 5.44. The molecule has 0 aliphatic carbocycles. The maximum absolute atomic E-state index is 12.9. The van der Waals surface area contributed by atoms with Gasteiger partial charge in [0.1, 0.15) is 6.04 Å². The molecule has 8 nitrogen and oxygen atoms in total. The number of likely N-dealkylation sites (tertiary alicyclic amines) is 1. The number of terminal acetylenes is 1. The Hall–Kier alpha value is -3.21. The van der Waals surface area contributed by atoms with E-state index in [2.05, 4.69) is 26.8 Å². The minimum absolute atomic E-state index is 0.105. The van der Waals surface area contributed by atoms with E-state index in [1.807, 2.05) is 12.1 Å². The van der Waals surface area contributed by atoms with Crippen LogP contribution in [0.4, 0.5) is 0 Å². The number of carbonyl (C=O) groups is 3. The van der Waals surface area contributed by atoms with E-state index in [1.165, 1.54) is 6.92 Å². The average Bonchev–Trinajstić information content (AvgIpc) is 3.33. The highest BCUT2D eigenvalue weighted by Crippen LogP contribution is 2.36. The van der Waals surface area contributed by atoms with E-state index in [0.717, 1.165) is 12.0 Å². The summed E-state index contributed by atoms with van der Waals surface area (Å²) in [5, 5.41) is 13.8. The smallest absolute Gasteiger partial charge is 0.254 e. The number of nitrogens with zero attached hydrogens (tertiary/aromatic N) is 3. The molecule has 1 saturated heterocycles. The van der Waals surface area contributed by atoms with E-state index in [-0.39, 0.29) is 17.7 Å². The molecule has 3 amide bonds. The molecule has 2 N–H and O–H groups in total. The topological polar surface area (TPSA) is 103 Å². The van der Waals surface area contributed by atoms with Gasteiger partial charge in [0.15, 0.2) is 5.66 Å². The molecule has 1 fully saturated rings. The number of hydrogen-bond acceptors (Lipinski definition) is 5. The predicted molar refractivity (Wildman–Crippen MR) is 111 cm³/mol. The lowest BCUT2D eigenvalue weighted by molar-refractivity contribution is -0.124. The molecule has 0 aromatic heterocycles. The minimum Gasteiger partial charge on any atom is -0.354 e. The lowest BCUT2D eigenvalue weighted by atomic mass is 10.0. The molecule has 1 aromatic carbocycles. The van der Waals surface area contributed by atoms with Gasteiger partial charge in [-0.05, 0) is 30.5 Å². The van der Waals surface area contributed by atoms with Crippen LogP contribution in [0, 0.1) is 12.3 Å². The van der Waals surface area contributed by atoms with Crippen LogP contribution in [-0.2, 0) is 16.1 Å². The highest BCUT2D eigenvalue weighted by Gasteiger charge is 2.39. The number of amides is 3. The van der Waals surface area contributed by atoms with Crippen molar-refractivity contribution in [2.24, 2.45) is 10.2 Å². The molecule has 0 bridgehead atoms. The van der Waals surface area contributed by atoms with Crippen LogP contribution in [0.25, 0.3) is 0 Å². The highest BCUT2D eigenvalue weighted by atomic mass is 16.2. The first-order chi connectivity index (χ1) is 14.4. The van der Waals surface area contributed by atoms with Crippen molar-refractivity contribution >= 4 is 17.7 Å². The first kappa shape index (κ1) is 21.5. The van der Waals surface area contributed by atoms with Crippen molar-refractivity contribution in [2.75, 3.05) is 13.1 Å². The number of rotatable bonds is 9. The molecule has 1 aromatic rings. The summed E-state index contributed by atoms with van der Waals surface area (Å²) in [4.78, 5) is 38.3. The van der Waals surface area contributed by atoms with E-state index >= 15 is 0 Å². The summed E-state index contributed by atoms with van der Waals surface area (Å²) < 4.78 is 0. The van der Waals surface area contributed by atoms with E-state index in [9.17, 15) is 14.4 Å². The molecule has 0 radical (unpaired) electrons. The van der Waals surface area contributed by atoms with Crippen molar-refractivity contribution in [2.45, 2.75) is 57.3 Å². The predicted octanol–water partition coefficient (Wildman–Crippen LogP) is 2.01. The lowest BCUT2D eigenvalue weighted by Gasteiger charge is -2.24. The molecule has 2 aliphatic rings. The molecule has 3 rings (SSSR count). The van der Waals surface area contributed by atoms with Gasteiger partial charge in [0.05, 0.1) is 0 Å². The number of hydrogen-bond donors (Lipinski definition) is 2. The van der Waals surface area contributed by atoms with Crippen molar-refractivity contribution in [1.82, 2.24) is 15.5 Å². The number of nitrogens with one attached hydrogen (secondary N) is 2. The summed E-state index contributed by atoms with van der Waals surface area (Å²) in [5.74, 6) is 2.18. The van der Waals surface area contributed by atoms with E-state index < -0.39 is 11.7 Å². The number of benzene rings is 1. The average molecular weight is 409 g/mol. The molecule has 1 atom stereocenters. The standard InChI is InChI=1S/C22H27N5O3/c1-3-4-11-22(25-26-22)12-13-23-20(29)19-6-5-14-27(19)21(30)18-9-7-17(8-10-18)15-24-16(2)28/h1,7-10,19H,4-6,11-15H2,2H3,(H,23,29)(H,24,28). The Bertz CT molecular complexity index is 866. The van der Waals surface area contributed by atoms with Gasteiger partial charge in [-0.3, -0.25) is 14.4 Å². The number of carbonyl (C=O) groups excluding carboxylic acids is 3. The maximum atomic E-state index is 12.9. The summed E-state index contributed by atoms with van der Waals surface area (Å²) in [6, 6.07) is 6.63. The van der Waals surface area contributed by atoms with Crippen molar-refractivity contribution < 1.29 is 14.4 Å². The van der Waals surface area contributed by atoms with Gasteiger partial charge in [-0.1, -0.05) is 12.1 Å². The molecule has 0 saturated carbocycles. The third kappa shape index (κ3) is 5.44. The van der Waals surface area contributed by atoms with Gasteiger partial charge in [0, 0.05) is 51.4 Å². The Morgan fingerprint density at radius 1 is 1.20 bits per heavy atom. The van der Waals surface area contributed by atoms with Gasteiger partial charge in [-0.2, -0.15) is 10.2 Å². The quantitative estimate of drug-likeness (QED) is 0.610. The molecular formula is C22H27N5O3. The highest BCUT2D eigenvalue weighted by molar-refractivity contribution is 5.98. The van der Waals surface area contributed by atoms with Crippen LogP contribution >= 0.6 is 0 Å². The first-order valence-electron chi connectivity index (χ1n) is 10.2. The Balaban J connectivity index is 1.51. The van der Waals surface area contributed by atoms with Crippen LogP contribution in [0.15, 0.2) is 34.5 Å². The summed E-state index contributed by atoms with van der Waals surface area (Å²) in [6.07, 6.45) is 8.66. The van der Waals surface area contributed by atoms with Crippen LogP contribution in [0.2, 0.25) is 0 Å². The molecule has 2 aliphatic heterocycles. The van der Waals surface area contributed by atoms with Crippen molar-refractivity contribution in [1.29, 1.82) is 0 Å². The van der Waals surface area contributed by atoms with Crippen LogP contribution in [0.5, 0.6) is 0 Å². The van der Waals surface area contributed by atoms with Gasteiger partial charge < -0.3 is 15.5 Å². The molecular weight excluding hydrogens is 382 g/mol. The second kappa shape index (κ2) is 9.53. The van der Waals surface area contributed by atoms with Crippen LogP contribution in [0.1, 0.15) is 54.9 Å². The second-order valence-corrected chi connectivity index (χ2v) is 7.69.